The third-order valence-corrected chi connectivity index (χ3v) is 2.59. The average Bonchev–Trinajstić information content (AvgIpc) is 2.28. The van der Waals surface area contributed by atoms with Gasteiger partial charge < -0.3 is 10.4 Å². The van der Waals surface area contributed by atoms with Gasteiger partial charge in [-0.1, -0.05) is 0 Å². The van der Waals surface area contributed by atoms with Crippen molar-refractivity contribution in [1.82, 2.24) is 0 Å². The molecule has 6 nitrogen and oxygen atoms in total. The van der Waals surface area contributed by atoms with Crippen LogP contribution in [0.2, 0.25) is 0 Å². The Balaban J connectivity index is 2.92. The Kier molecular flexibility index (Phi) is 4.42. The van der Waals surface area contributed by atoms with Gasteiger partial charge in [0.25, 0.3) is 5.69 Å². The average molecular weight is 270 g/mol. The largest absolute Gasteiger partial charge is 0.481 e. The van der Waals surface area contributed by atoms with Crippen LogP contribution in [0.1, 0.15) is 26.7 Å². The number of aliphatic carboxylic acids is 1. The highest BCUT2D eigenvalue weighted by Gasteiger charge is 2.23. The molecule has 7 heteroatoms. The van der Waals surface area contributed by atoms with Gasteiger partial charge in [0.2, 0.25) is 0 Å². The summed E-state index contributed by atoms with van der Waals surface area (Å²) >= 11 is 0. The molecule has 0 radical (unpaired) electrons. The molecular weight excluding hydrogens is 255 g/mol. The Morgan fingerprint density at radius 3 is 2.68 bits per heavy atom. The zero-order valence-corrected chi connectivity index (χ0v) is 10.6. The third-order valence-electron chi connectivity index (χ3n) is 2.59. The fraction of sp³-hybridized carbons (Fsp3) is 0.417. The van der Waals surface area contributed by atoms with Gasteiger partial charge >= 0.3 is 5.97 Å². The minimum Gasteiger partial charge on any atom is -0.481 e. The van der Waals surface area contributed by atoms with Crippen molar-refractivity contribution in [1.29, 1.82) is 0 Å². The summed E-state index contributed by atoms with van der Waals surface area (Å²) < 4.78 is 13.0. The van der Waals surface area contributed by atoms with E-state index >= 15 is 0 Å². The smallest absolute Gasteiger partial charge is 0.303 e. The Morgan fingerprint density at radius 1 is 1.53 bits per heavy atom. The van der Waals surface area contributed by atoms with Crippen molar-refractivity contribution in [2.24, 2.45) is 0 Å². The summed E-state index contributed by atoms with van der Waals surface area (Å²) in [7, 11) is 0. The molecule has 104 valence electrons. The number of nitro benzene ring substituents is 1. The van der Waals surface area contributed by atoms with Crippen molar-refractivity contribution < 1.29 is 19.2 Å². The molecule has 0 aliphatic heterocycles. The van der Waals surface area contributed by atoms with Crippen LogP contribution in [-0.2, 0) is 4.79 Å². The quantitative estimate of drug-likeness (QED) is 0.612. The van der Waals surface area contributed by atoms with Gasteiger partial charge in [-0.15, -0.1) is 0 Å². The number of hydrogen-bond acceptors (Lipinski definition) is 4. The second kappa shape index (κ2) is 5.64. The van der Waals surface area contributed by atoms with Crippen LogP contribution in [-0.4, -0.2) is 21.5 Å². The molecule has 0 bridgehead atoms. The lowest BCUT2D eigenvalue weighted by Gasteiger charge is -2.26. The van der Waals surface area contributed by atoms with Crippen LogP contribution in [0.3, 0.4) is 0 Å². The van der Waals surface area contributed by atoms with Crippen LogP contribution in [0.4, 0.5) is 15.8 Å². The number of halogens is 1. The van der Waals surface area contributed by atoms with E-state index in [1.165, 1.54) is 6.07 Å². The number of carboxylic acids is 1. The van der Waals surface area contributed by atoms with Gasteiger partial charge in [-0.3, -0.25) is 14.9 Å². The van der Waals surface area contributed by atoms with E-state index in [1.54, 1.807) is 13.8 Å². The topological polar surface area (TPSA) is 92.5 Å². The summed E-state index contributed by atoms with van der Waals surface area (Å²) in [6.45, 7) is 3.45. The molecule has 0 aliphatic rings. The maximum absolute atomic E-state index is 13.0. The van der Waals surface area contributed by atoms with Gasteiger partial charge in [0, 0.05) is 12.0 Å². The molecule has 0 atom stereocenters. The Hall–Kier alpha value is -2.18. The van der Waals surface area contributed by atoms with Crippen LogP contribution < -0.4 is 5.32 Å². The van der Waals surface area contributed by atoms with Crippen LogP contribution in [0.25, 0.3) is 0 Å². The number of carbonyl (C=O) groups is 1. The van der Waals surface area contributed by atoms with Crippen LogP contribution in [0, 0.1) is 15.9 Å². The minimum atomic E-state index is -0.941. The maximum Gasteiger partial charge on any atom is 0.303 e. The summed E-state index contributed by atoms with van der Waals surface area (Å²) in [5.74, 6) is -1.64. The number of nitro groups is 1. The summed E-state index contributed by atoms with van der Waals surface area (Å²) in [5.41, 5.74) is -0.855. The summed E-state index contributed by atoms with van der Waals surface area (Å²) in [6, 6.07) is 3.22. The first-order valence-corrected chi connectivity index (χ1v) is 5.65. The van der Waals surface area contributed by atoms with Crippen molar-refractivity contribution in [2.45, 2.75) is 32.2 Å². The van der Waals surface area contributed by atoms with E-state index in [-0.39, 0.29) is 24.2 Å². The van der Waals surface area contributed by atoms with Gasteiger partial charge in [-0.2, -0.15) is 0 Å². The minimum absolute atomic E-state index is 0.0605. The van der Waals surface area contributed by atoms with E-state index in [0.29, 0.717) is 0 Å². The number of anilines is 1. The Labute approximate surface area is 109 Å². The zero-order valence-electron chi connectivity index (χ0n) is 10.6. The standard InChI is InChI=1S/C12H15FN2O4/c1-12(2,6-5-11(16)17)14-9-4-3-8(13)7-10(9)15(18)19/h3-4,7,14H,5-6H2,1-2H3,(H,16,17). The fourth-order valence-corrected chi connectivity index (χ4v) is 1.61. The maximum atomic E-state index is 13.0. The number of nitrogens with zero attached hydrogens (tertiary/aromatic N) is 1. The molecule has 0 heterocycles. The van der Waals surface area contributed by atoms with Crippen LogP contribution in [0.5, 0.6) is 0 Å². The molecule has 0 aromatic heterocycles. The van der Waals surface area contributed by atoms with Crippen LogP contribution >= 0.6 is 0 Å². The Bertz CT molecular complexity index is 503. The number of rotatable bonds is 6. The summed E-state index contributed by atoms with van der Waals surface area (Å²) in [4.78, 5) is 20.7. The van der Waals surface area contributed by atoms with E-state index in [9.17, 15) is 19.3 Å². The number of benzene rings is 1. The van der Waals surface area contributed by atoms with E-state index in [2.05, 4.69) is 5.32 Å². The predicted molar refractivity (Wildman–Crippen MR) is 67.6 cm³/mol. The molecule has 0 aliphatic carbocycles. The molecule has 19 heavy (non-hydrogen) atoms. The van der Waals surface area contributed by atoms with Gasteiger partial charge in [-0.25, -0.2) is 4.39 Å². The lowest BCUT2D eigenvalue weighted by molar-refractivity contribution is -0.384. The molecule has 0 amide bonds. The fourth-order valence-electron chi connectivity index (χ4n) is 1.61. The van der Waals surface area contributed by atoms with Crippen molar-refractivity contribution in [2.75, 3.05) is 5.32 Å². The molecule has 0 saturated carbocycles. The highest BCUT2D eigenvalue weighted by atomic mass is 19.1. The number of carboxylic acid groups (broad SMARTS) is 1. The molecule has 0 unspecified atom stereocenters. The van der Waals surface area contributed by atoms with E-state index in [0.717, 1.165) is 12.1 Å². The molecule has 2 N–H and O–H groups in total. The van der Waals surface area contributed by atoms with Crippen molar-refractivity contribution >= 4 is 17.3 Å². The summed E-state index contributed by atoms with van der Waals surface area (Å²) in [6.07, 6.45) is 0.228. The summed E-state index contributed by atoms with van der Waals surface area (Å²) in [5, 5.41) is 22.3. The highest BCUT2D eigenvalue weighted by molar-refractivity contribution is 5.67. The van der Waals surface area contributed by atoms with Gasteiger partial charge in [0.1, 0.15) is 11.5 Å². The molecule has 0 spiro atoms. The first kappa shape index (κ1) is 14.9. The monoisotopic (exact) mass is 270 g/mol. The normalized spacial score (nSPS) is 11.1. The lowest BCUT2D eigenvalue weighted by atomic mass is 9.97. The van der Waals surface area contributed by atoms with Crippen LogP contribution in [0.15, 0.2) is 18.2 Å². The van der Waals surface area contributed by atoms with Gasteiger partial charge in [-0.05, 0) is 32.4 Å². The molecule has 0 saturated heterocycles. The first-order chi connectivity index (χ1) is 8.71. The Morgan fingerprint density at radius 2 is 2.16 bits per heavy atom. The highest BCUT2D eigenvalue weighted by Crippen LogP contribution is 2.29. The SMILES string of the molecule is CC(C)(CCC(=O)O)Nc1ccc(F)cc1[N+](=O)[O-]. The van der Waals surface area contributed by atoms with E-state index in [4.69, 9.17) is 5.11 Å². The predicted octanol–water partition coefficient (Wildman–Crippen LogP) is 2.79. The lowest BCUT2D eigenvalue weighted by Crippen LogP contribution is -2.31. The van der Waals surface area contributed by atoms with E-state index in [1.807, 2.05) is 0 Å². The second-order valence-electron chi connectivity index (χ2n) is 4.82. The molecule has 1 rings (SSSR count). The number of hydrogen-bond donors (Lipinski definition) is 2. The molecule has 1 aromatic rings. The molecule has 1 aromatic carbocycles. The second-order valence-corrected chi connectivity index (χ2v) is 4.82. The number of nitrogens with one attached hydrogen (secondary N) is 1. The first-order valence-electron chi connectivity index (χ1n) is 5.65. The van der Waals surface area contributed by atoms with Gasteiger partial charge in [0.05, 0.1) is 11.0 Å². The van der Waals surface area contributed by atoms with Gasteiger partial charge in [0.15, 0.2) is 0 Å². The molecule has 0 fully saturated rings. The third kappa shape index (κ3) is 4.53. The van der Waals surface area contributed by atoms with Crippen molar-refractivity contribution in [3.8, 4) is 0 Å². The zero-order chi connectivity index (χ0) is 14.6. The van der Waals surface area contributed by atoms with Crippen molar-refractivity contribution in [3.05, 3.63) is 34.1 Å². The van der Waals surface area contributed by atoms with E-state index < -0.39 is 22.2 Å². The molecular formula is C12H15FN2O4. The van der Waals surface area contributed by atoms with Crippen molar-refractivity contribution in [3.63, 3.8) is 0 Å².